The lowest BCUT2D eigenvalue weighted by molar-refractivity contribution is -0.126. The van der Waals surface area contributed by atoms with Crippen LogP contribution in [0.2, 0.25) is 0 Å². The molecule has 8 nitrogen and oxygen atoms in total. The molecular weight excluding hydrogens is 382 g/mol. The molecule has 0 aliphatic carbocycles. The second-order valence-corrected chi connectivity index (χ2v) is 8.11. The van der Waals surface area contributed by atoms with Gasteiger partial charge in [-0.3, -0.25) is 14.6 Å². The second-order valence-electron chi connectivity index (χ2n) is 8.11. The van der Waals surface area contributed by atoms with Crippen LogP contribution in [0.25, 0.3) is 0 Å². The standard InChI is InChI=1S/C22H25N5O3/c1-25-14-22(12-19(25)28)15-26(20(29)17-6-5-9-23-13-17)10-11-27(16-22)21(30)24-18-7-3-2-4-8-18/h2-9,13H,10-12,14-16H2,1H3,(H,24,30). The molecule has 0 saturated carbocycles. The number of carbonyl (C=O) groups is 3. The summed E-state index contributed by atoms with van der Waals surface area (Å²) in [6.45, 7) is 2.14. The van der Waals surface area contributed by atoms with Crippen LogP contribution < -0.4 is 5.32 Å². The Labute approximate surface area is 175 Å². The molecule has 2 aliphatic heterocycles. The molecule has 8 heteroatoms. The van der Waals surface area contributed by atoms with Crippen LogP contribution in [0, 0.1) is 5.41 Å². The zero-order valence-corrected chi connectivity index (χ0v) is 17.0. The quantitative estimate of drug-likeness (QED) is 0.824. The first kappa shape index (κ1) is 19.9. The molecule has 4 amide bonds. The Hall–Kier alpha value is -3.42. The molecule has 3 heterocycles. The number of anilines is 1. The zero-order valence-electron chi connectivity index (χ0n) is 17.0. The molecular formula is C22H25N5O3. The molecule has 2 aromatic rings. The third kappa shape index (κ3) is 4.12. The molecule has 156 valence electrons. The fourth-order valence-corrected chi connectivity index (χ4v) is 4.32. The molecule has 30 heavy (non-hydrogen) atoms. The van der Waals surface area contributed by atoms with E-state index in [0.29, 0.717) is 50.4 Å². The molecule has 0 bridgehead atoms. The number of nitrogens with zero attached hydrogens (tertiary/aromatic N) is 4. The highest BCUT2D eigenvalue weighted by atomic mass is 16.2. The number of carbonyl (C=O) groups excluding carboxylic acids is 3. The first-order valence-corrected chi connectivity index (χ1v) is 10.0. The summed E-state index contributed by atoms with van der Waals surface area (Å²) in [4.78, 5) is 47.6. The van der Waals surface area contributed by atoms with E-state index in [2.05, 4.69) is 10.3 Å². The summed E-state index contributed by atoms with van der Waals surface area (Å²) in [6, 6.07) is 12.5. The summed E-state index contributed by atoms with van der Waals surface area (Å²) in [6.07, 6.45) is 3.49. The van der Waals surface area contributed by atoms with Crippen molar-refractivity contribution in [2.45, 2.75) is 6.42 Å². The second kappa shape index (κ2) is 8.14. The Kier molecular flexibility index (Phi) is 5.39. The van der Waals surface area contributed by atoms with Crippen LogP contribution in [-0.4, -0.2) is 77.3 Å². The first-order valence-electron chi connectivity index (χ1n) is 10.0. The molecule has 2 fully saturated rings. The van der Waals surface area contributed by atoms with Gasteiger partial charge in [0.05, 0.1) is 5.56 Å². The fourth-order valence-electron chi connectivity index (χ4n) is 4.32. The highest BCUT2D eigenvalue weighted by Crippen LogP contribution is 2.35. The molecule has 1 unspecified atom stereocenters. The topological polar surface area (TPSA) is 85.9 Å². The van der Waals surface area contributed by atoms with Crippen LogP contribution in [0.1, 0.15) is 16.8 Å². The Bertz CT molecular complexity index is 936. The molecule has 1 N–H and O–H groups in total. The molecule has 4 rings (SSSR count). The zero-order chi connectivity index (χ0) is 21.1. The molecule has 0 radical (unpaired) electrons. The molecule has 1 aromatic carbocycles. The molecule has 2 aliphatic rings. The van der Waals surface area contributed by atoms with Gasteiger partial charge in [0.2, 0.25) is 5.91 Å². The van der Waals surface area contributed by atoms with Crippen molar-refractivity contribution in [3.63, 3.8) is 0 Å². The summed E-state index contributed by atoms with van der Waals surface area (Å²) < 4.78 is 0. The van der Waals surface area contributed by atoms with E-state index in [4.69, 9.17) is 0 Å². The number of amides is 4. The Morgan fingerprint density at radius 3 is 2.40 bits per heavy atom. The van der Waals surface area contributed by atoms with E-state index >= 15 is 0 Å². The van der Waals surface area contributed by atoms with Gasteiger partial charge in [-0.1, -0.05) is 18.2 Å². The number of likely N-dealkylation sites (tertiary alicyclic amines) is 1. The van der Waals surface area contributed by atoms with Crippen LogP contribution in [0.4, 0.5) is 10.5 Å². The van der Waals surface area contributed by atoms with Gasteiger partial charge in [-0.2, -0.15) is 0 Å². The third-order valence-electron chi connectivity index (χ3n) is 5.72. The van der Waals surface area contributed by atoms with E-state index in [9.17, 15) is 14.4 Å². The van der Waals surface area contributed by atoms with Gasteiger partial charge in [0.1, 0.15) is 0 Å². The number of hydrogen-bond acceptors (Lipinski definition) is 4. The summed E-state index contributed by atoms with van der Waals surface area (Å²) in [5.74, 6) is -0.0936. The van der Waals surface area contributed by atoms with Gasteiger partial charge in [0.15, 0.2) is 0 Å². The average molecular weight is 407 g/mol. The van der Waals surface area contributed by atoms with Gasteiger partial charge >= 0.3 is 6.03 Å². The highest BCUT2D eigenvalue weighted by Gasteiger charge is 2.47. The first-order chi connectivity index (χ1) is 14.5. The van der Waals surface area contributed by atoms with Gasteiger partial charge in [-0.05, 0) is 24.3 Å². The number of urea groups is 1. The fraction of sp³-hybridized carbons (Fsp3) is 0.364. The maximum atomic E-state index is 13.1. The van der Waals surface area contributed by atoms with Crippen molar-refractivity contribution in [3.05, 3.63) is 60.4 Å². The van der Waals surface area contributed by atoms with Crippen LogP contribution >= 0.6 is 0 Å². The van der Waals surface area contributed by atoms with Crippen LogP contribution in [0.15, 0.2) is 54.9 Å². The van der Waals surface area contributed by atoms with Crippen molar-refractivity contribution in [2.75, 3.05) is 45.1 Å². The number of para-hydroxylation sites is 1. The van der Waals surface area contributed by atoms with E-state index in [1.165, 1.54) is 0 Å². The Morgan fingerprint density at radius 1 is 1.00 bits per heavy atom. The maximum absolute atomic E-state index is 13.1. The average Bonchev–Trinajstić information content (AvgIpc) is 2.91. The lowest BCUT2D eigenvalue weighted by Gasteiger charge is -2.33. The van der Waals surface area contributed by atoms with E-state index in [1.54, 1.807) is 46.3 Å². The normalized spacial score (nSPS) is 21.6. The highest BCUT2D eigenvalue weighted by molar-refractivity contribution is 5.94. The number of aromatic nitrogens is 1. The smallest absolute Gasteiger partial charge is 0.321 e. The van der Waals surface area contributed by atoms with Crippen molar-refractivity contribution in [1.29, 1.82) is 0 Å². The van der Waals surface area contributed by atoms with Gasteiger partial charge in [-0.15, -0.1) is 0 Å². The predicted molar refractivity (Wildman–Crippen MR) is 112 cm³/mol. The Balaban J connectivity index is 1.57. The summed E-state index contributed by atoms with van der Waals surface area (Å²) in [5, 5.41) is 2.92. The van der Waals surface area contributed by atoms with Crippen molar-refractivity contribution in [3.8, 4) is 0 Å². The van der Waals surface area contributed by atoms with Crippen molar-refractivity contribution < 1.29 is 14.4 Å². The number of hydrogen-bond donors (Lipinski definition) is 1. The number of pyridine rings is 1. The minimum Gasteiger partial charge on any atom is -0.345 e. The molecule has 1 atom stereocenters. The minimum atomic E-state index is -0.492. The van der Waals surface area contributed by atoms with Gasteiger partial charge in [0, 0.05) is 69.7 Å². The van der Waals surface area contributed by atoms with Crippen molar-refractivity contribution in [1.82, 2.24) is 19.7 Å². The van der Waals surface area contributed by atoms with E-state index in [1.807, 2.05) is 30.3 Å². The van der Waals surface area contributed by atoms with Crippen molar-refractivity contribution in [2.24, 2.45) is 5.41 Å². The monoisotopic (exact) mass is 407 g/mol. The number of benzene rings is 1. The van der Waals surface area contributed by atoms with E-state index < -0.39 is 5.41 Å². The number of rotatable bonds is 2. The van der Waals surface area contributed by atoms with Crippen LogP contribution in [0.5, 0.6) is 0 Å². The molecule has 1 spiro atoms. The van der Waals surface area contributed by atoms with Crippen LogP contribution in [-0.2, 0) is 4.79 Å². The van der Waals surface area contributed by atoms with E-state index in [0.717, 1.165) is 0 Å². The largest absolute Gasteiger partial charge is 0.345 e. The molecule has 2 saturated heterocycles. The summed E-state index contributed by atoms with van der Waals surface area (Å²) in [5.41, 5.74) is 0.727. The predicted octanol–water partition coefficient (Wildman–Crippen LogP) is 1.92. The van der Waals surface area contributed by atoms with Crippen LogP contribution in [0.3, 0.4) is 0 Å². The van der Waals surface area contributed by atoms with Gasteiger partial charge in [0.25, 0.3) is 5.91 Å². The summed E-state index contributed by atoms with van der Waals surface area (Å²) in [7, 11) is 1.77. The lowest BCUT2D eigenvalue weighted by atomic mass is 9.86. The lowest BCUT2D eigenvalue weighted by Crippen LogP contribution is -2.46. The maximum Gasteiger partial charge on any atom is 0.321 e. The minimum absolute atomic E-state index is 0.0362. The number of nitrogens with one attached hydrogen (secondary N) is 1. The van der Waals surface area contributed by atoms with E-state index in [-0.39, 0.29) is 17.8 Å². The Morgan fingerprint density at radius 2 is 1.73 bits per heavy atom. The molecule has 1 aromatic heterocycles. The SMILES string of the molecule is CN1CC2(CC1=O)CN(C(=O)Nc1ccccc1)CCN(C(=O)c1cccnc1)C2. The van der Waals surface area contributed by atoms with Crippen molar-refractivity contribution >= 4 is 23.5 Å². The van der Waals surface area contributed by atoms with Gasteiger partial charge < -0.3 is 20.0 Å². The summed E-state index contributed by atoms with van der Waals surface area (Å²) >= 11 is 0. The van der Waals surface area contributed by atoms with Gasteiger partial charge in [-0.25, -0.2) is 4.79 Å². The third-order valence-corrected chi connectivity index (χ3v) is 5.72.